The predicted molar refractivity (Wildman–Crippen MR) is 33.8 cm³/mol. The zero-order valence-corrected chi connectivity index (χ0v) is 5.50. The van der Waals surface area contributed by atoms with Crippen molar-refractivity contribution in [2.24, 2.45) is 0 Å². The second-order valence-corrected chi connectivity index (χ2v) is 3.35. The Morgan fingerprint density at radius 1 is 1.50 bits per heavy atom. The molecule has 0 amide bonds. The van der Waals surface area contributed by atoms with Crippen LogP contribution in [0.5, 0.6) is 0 Å². The summed E-state index contributed by atoms with van der Waals surface area (Å²) in [4.78, 5) is 0. The summed E-state index contributed by atoms with van der Waals surface area (Å²) in [6.07, 6.45) is 0. The van der Waals surface area contributed by atoms with E-state index in [0.717, 1.165) is 5.66 Å². The molecule has 0 atom stereocenters. The van der Waals surface area contributed by atoms with Gasteiger partial charge in [-0.2, -0.15) is 0 Å². The van der Waals surface area contributed by atoms with Crippen LogP contribution in [0.3, 0.4) is 0 Å². The van der Waals surface area contributed by atoms with Crippen molar-refractivity contribution in [3.63, 3.8) is 0 Å². The van der Waals surface area contributed by atoms with Gasteiger partial charge in [-0.3, -0.25) is 0 Å². The summed E-state index contributed by atoms with van der Waals surface area (Å²) in [5.41, 5.74) is 0.815. The van der Waals surface area contributed by atoms with Crippen LogP contribution in [-0.4, -0.2) is 11.5 Å². The largest absolute Gasteiger partial charge is 0.106 e. The highest BCUT2D eigenvalue weighted by atomic mass is 31.1. The summed E-state index contributed by atoms with van der Waals surface area (Å²) in [6.45, 7) is 6.50. The van der Waals surface area contributed by atoms with Crippen LogP contribution in [0.1, 0.15) is 20.8 Å². The highest BCUT2D eigenvalue weighted by molar-refractivity contribution is 7.39. The van der Waals surface area contributed by atoms with Gasteiger partial charge in [0.15, 0.2) is 0 Å². The minimum absolute atomic E-state index is 0.815. The average Bonchev–Trinajstić information content (AvgIpc) is 1.35. The van der Waals surface area contributed by atoms with Gasteiger partial charge in [0.25, 0.3) is 0 Å². The maximum absolute atomic E-state index is 2.21. The standard InChI is InChI=1S/C5H11P/c1-4-6-5(2)3/h4-5H,1-3H3. The SMILES string of the molecule is CC=PC(C)C. The minimum Gasteiger partial charge on any atom is -0.106 e. The van der Waals surface area contributed by atoms with E-state index in [9.17, 15) is 0 Å². The molecule has 0 unspecified atom stereocenters. The molecule has 1 heteroatoms. The van der Waals surface area contributed by atoms with Crippen LogP contribution in [0.25, 0.3) is 0 Å². The Morgan fingerprint density at radius 3 is 2.00 bits per heavy atom. The van der Waals surface area contributed by atoms with Crippen molar-refractivity contribution in [1.29, 1.82) is 0 Å². The Morgan fingerprint density at radius 2 is 2.00 bits per heavy atom. The Balaban J connectivity index is 3.03. The van der Waals surface area contributed by atoms with Gasteiger partial charge in [-0.05, 0) is 12.6 Å². The molecule has 0 aliphatic rings. The van der Waals surface area contributed by atoms with Gasteiger partial charge in [0.05, 0.1) is 0 Å². The molecule has 0 aliphatic heterocycles. The molecule has 36 valence electrons. The molecular weight excluding hydrogens is 91.0 g/mol. The van der Waals surface area contributed by atoms with E-state index in [1.807, 2.05) is 0 Å². The molecular formula is C5H11P. The molecule has 0 bridgehead atoms. The first kappa shape index (κ1) is 6.17. The van der Waals surface area contributed by atoms with Gasteiger partial charge in [-0.15, -0.1) is 8.20 Å². The highest BCUT2D eigenvalue weighted by Crippen LogP contribution is 2.02. The van der Waals surface area contributed by atoms with E-state index < -0.39 is 0 Å². The molecule has 0 aromatic rings. The van der Waals surface area contributed by atoms with Gasteiger partial charge in [0, 0.05) is 0 Å². The Bertz CT molecular complexity index is 45.9. The summed E-state index contributed by atoms with van der Waals surface area (Å²) in [5, 5.41) is 0. The lowest BCUT2D eigenvalue weighted by molar-refractivity contribution is 1.11. The number of hydrogen-bond donors (Lipinski definition) is 0. The van der Waals surface area contributed by atoms with Crippen molar-refractivity contribution in [2.45, 2.75) is 26.4 Å². The van der Waals surface area contributed by atoms with E-state index >= 15 is 0 Å². The lowest BCUT2D eigenvalue weighted by atomic mass is 10.6. The average molecular weight is 102 g/mol. The van der Waals surface area contributed by atoms with Crippen molar-refractivity contribution in [3.05, 3.63) is 0 Å². The first-order valence-electron chi connectivity index (χ1n) is 2.25. The molecule has 0 N–H and O–H groups in total. The maximum Gasteiger partial charge on any atom is -0.00511 e. The lowest BCUT2D eigenvalue weighted by Crippen LogP contribution is -1.74. The number of rotatable bonds is 1. The summed E-state index contributed by atoms with van der Waals surface area (Å²) >= 11 is 0. The second-order valence-electron chi connectivity index (χ2n) is 1.50. The zero-order valence-electron chi connectivity index (χ0n) is 4.60. The van der Waals surface area contributed by atoms with E-state index in [0.29, 0.717) is 0 Å². The fourth-order valence-electron chi connectivity index (χ4n) is 0.298. The molecule has 0 fully saturated rings. The normalized spacial score (nSPS) is 11.3. The summed E-state index contributed by atoms with van der Waals surface area (Å²) < 4.78 is 0. The molecule has 0 aromatic carbocycles. The zero-order chi connectivity index (χ0) is 4.99. The van der Waals surface area contributed by atoms with Crippen LogP contribution in [0.2, 0.25) is 0 Å². The smallest absolute Gasteiger partial charge is 0.00511 e. The van der Waals surface area contributed by atoms with Crippen molar-refractivity contribution in [1.82, 2.24) is 0 Å². The van der Waals surface area contributed by atoms with Gasteiger partial charge in [-0.1, -0.05) is 19.6 Å². The molecule has 0 aromatic heterocycles. The van der Waals surface area contributed by atoms with Crippen LogP contribution in [0.4, 0.5) is 0 Å². The molecule has 6 heavy (non-hydrogen) atoms. The molecule has 0 rings (SSSR count). The van der Waals surface area contributed by atoms with Crippen LogP contribution in [-0.2, 0) is 0 Å². The Labute approximate surface area is 41.4 Å². The van der Waals surface area contributed by atoms with Gasteiger partial charge < -0.3 is 0 Å². The Kier molecular flexibility index (Phi) is 3.46. The summed E-state index contributed by atoms with van der Waals surface area (Å²) in [5.74, 6) is 2.17. The molecule has 0 radical (unpaired) electrons. The Hall–Kier alpha value is 0.170. The third-order valence-electron chi connectivity index (χ3n) is 0.447. The van der Waals surface area contributed by atoms with Crippen LogP contribution < -0.4 is 0 Å². The molecule has 0 aliphatic carbocycles. The number of hydrogen-bond acceptors (Lipinski definition) is 0. The topological polar surface area (TPSA) is 0 Å². The first-order chi connectivity index (χ1) is 2.77. The van der Waals surface area contributed by atoms with Gasteiger partial charge in [0.1, 0.15) is 0 Å². The fraction of sp³-hybridized carbons (Fsp3) is 0.800. The second kappa shape index (κ2) is 3.36. The molecule has 0 spiro atoms. The molecule has 0 saturated heterocycles. The highest BCUT2D eigenvalue weighted by Gasteiger charge is 1.77. The molecule has 0 heterocycles. The van der Waals surface area contributed by atoms with Crippen molar-refractivity contribution >= 4 is 14.0 Å². The van der Waals surface area contributed by atoms with Gasteiger partial charge in [0.2, 0.25) is 0 Å². The van der Waals surface area contributed by atoms with E-state index in [1.54, 1.807) is 0 Å². The third-order valence-corrected chi connectivity index (χ3v) is 1.34. The van der Waals surface area contributed by atoms with Crippen molar-refractivity contribution < 1.29 is 0 Å². The van der Waals surface area contributed by atoms with E-state index in [-0.39, 0.29) is 0 Å². The minimum atomic E-state index is 0.815. The first-order valence-corrected chi connectivity index (χ1v) is 3.28. The quantitative estimate of drug-likeness (QED) is 0.445. The van der Waals surface area contributed by atoms with Crippen molar-refractivity contribution in [2.75, 3.05) is 0 Å². The third kappa shape index (κ3) is 4.17. The summed E-state index contributed by atoms with van der Waals surface area (Å²) in [7, 11) is 1.45. The maximum atomic E-state index is 2.21. The fourth-order valence-corrected chi connectivity index (χ4v) is 0.894. The lowest BCUT2D eigenvalue weighted by Gasteiger charge is -1.86. The van der Waals surface area contributed by atoms with Crippen LogP contribution in [0.15, 0.2) is 0 Å². The van der Waals surface area contributed by atoms with E-state index in [4.69, 9.17) is 0 Å². The van der Waals surface area contributed by atoms with E-state index in [2.05, 4.69) is 26.6 Å². The molecule has 0 saturated carbocycles. The van der Waals surface area contributed by atoms with Crippen molar-refractivity contribution in [3.8, 4) is 0 Å². The van der Waals surface area contributed by atoms with E-state index in [1.165, 1.54) is 8.20 Å². The predicted octanol–water partition coefficient (Wildman–Crippen LogP) is 2.16. The van der Waals surface area contributed by atoms with Crippen LogP contribution >= 0.6 is 8.20 Å². The monoisotopic (exact) mass is 102 g/mol. The van der Waals surface area contributed by atoms with Crippen LogP contribution in [0, 0.1) is 0 Å². The van der Waals surface area contributed by atoms with Gasteiger partial charge in [-0.25, -0.2) is 0 Å². The molecule has 0 nitrogen and oxygen atoms in total. The summed E-state index contributed by atoms with van der Waals surface area (Å²) in [6, 6.07) is 0. The van der Waals surface area contributed by atoms with Gasteiger partial charge >= 0.3 is 0 Å².